The fraction of sp³-hybridized carbons (Fsp3) is 0.833. The molecule has 0 aromatic heterocycles. The molecule has 4 nitrogen and oxygen atoms in total. The Bertz CT molecular complexity index is 271. The first kappa shape index (κ1) is 13.0. The van der Waals surface area contributed by atoms with Gasteiger partial charge in [0.2, 0.25) is 5.91 Å². The van der Waals surface area contributed by atoms with Gasteiger partial charge in [-0.05, 0) is 26.2 Å². The molecule has 2 N–H and O–H groups in total. The summed E-state index contributed by atoms with van der Waals surface area (Å²) in [5.41, 5.74) is -0.606. The second kappa shape index (κ2) is 5.32. The van der Waals surface area contributed by atoms with E-state index in [0.29, 0.717) is 6.42 Å². The maximum Gasteiger partial charge on any atom is 0.305 e. The van der Waals surface area contributed by atoms with Crippen LogP contribution in [0.25, 0.3) is 0 Å². The molecule has 4 heteroatoms. The molecule has 0 saturated heterocycles. The number of nitrogens with one attached hydrogen (secondary N) is 1. The molecule has 0 heterocycles. The number of carbonyl (C=O) groups is 2. The summed E-state index contributed by atoms with van der Waals surface area (Å²) >= 11 is 0. The van der Waals surface area contributed by atoms with E-state index < -0.39 is 11.5 Å². The van der Waals surface area contributed by atoms with Crippen LogP contribution >= 0.6 is 0 Å². The van der Waals surface area contributed by atoms with Crippen LogP contribution < -0.4 is 5.32 Å². The molecule has 1 atom stereocenters. The number of hydrogen-bond acceptors (Lipinski definition) is 2. The van der Waals surface area contributed by atoms with Gasteiger partial charge >= 0.3 is 5.97 Å². The molecular formula is C12H21NO3. The van der Waals surface area contributed by atoms with E-state index in [1.54, 1.807) is 6.92 Å². The number of rotatable bonds is 5. The third-order valence-electron chi connectivity index (χ3n) is 3.47. The van der Waals surface area contributed by atoms with Crippen molar-refractivity contribution >= 4 is 11.9 Å². The SMILES string of the molecule is CC[C@@](C)(CC(=O)O)NC(=O)C1CCCC1. The molecule has 0 spiro atoms. The highest BCUT2D eigenvalue weighted by Crippen LogP contribution is 2.26. The lowest BCUT2D eigenvalue weighted by Gasteiger charge is -2.29. The van der Waals surface area contributed by atoms with Crippen molar-refractivity contribution in [2.24, 2.45) is 5.92 Å². The summed E-state index contributed by atoms with van der Waals surface area (Å²) in [6.45, 7) is 3.70. The van der Waals surface area contributed by atoms with Crippen LogP contribution in [-0.4, -0.2) is 22.5 Å². The van der Waals surface area contributed by atoms with Gasteiger partial charge < -0.3 is 10.4 Å². The molecule has 0 aromatic carbocycles. The number of carboxylic acids is 1. The molecule has 0 unspecified atom stereocenters. The molecule has 1 rings (SSSR count). The van der Waals surface area contributed by atoms with Crippen LogP contribution in [0.2, 0.25) is 0 Å². The molecule has 1 amide bonds. The van der Waals surface area contributed by atoms with Crippen LogP contribution in [0.5, 0.6) is 0 Å². The quantitative estimate of drug-likeness (QED) is 0.754. The van der Waals surface area contributed by atoms with Crippen molar-refractivity contribution < 1.29 is 14.7 Å². The van der Waals surface area contributed by atoms with Crippen molar-refractivity contribution in [1.82, 2.24) is 5.32 Å². The lowest BCUT2D eigenvalue weighted by atomic mass is 9.93. The summed E-state index contributed by atoms with van der Waals surface area (Å²) < 4.78 is 0. The molecule has 1 saturated carbocycles. The summed E-state index contributed by atoms with van der Waals surface area (Å²) in [7, 11) is 0. The second-order valence-corrected chi connectivity index (χ2v) is 4.96. The highest BCUT2D eigenvalue weighted by molar-refractivity contribution is 5.80. The van der Waals surface area contributed by atoms with Crippen LogP contribution in [-0.2, 0) is 9.59 Å². The van der Waals surface area contributed by atoms with Crippen molar-refractivity contribution in [3.63, 3.8) is 0 Å². The van der Waals surface area contributed by atoms with E-state index >= 15 is 0 Å². The predicted octanol–water partition coefficient (Wildman–Crippen LogP) is 1.94. The molecule has 1 fully saturated rings. The van der Waals surface area contributed by atoms with Crippen LogP contribution in [0, 0.1) is 5.92 Å². The van der Waals surface area contributed by atoms with Crippen LogP contribution in [0.1, 0.15) is 52.4 Å². The van der Waals surface area contributed by atoms with E-state index in [9.17, 15) is 9.59 Å². The Morgan fingerprint density at radius 2 is 1.94 bits per heavy atom. The van der Waals surface area contributed by atoms with Crippen LogP contribution in [0.4, 0.5) is 0 Å². The first-order valence-corrected chi connectivity index (χ1v) is 6.00. The maximum atomic E-state index is 11.9. The molecule has 1 aliphatic rings. The largest absolute Gasteiger partial charge is 0.481 e. The minimum atomic E-state index is -0.865. The predicted molar refractivity (Wildman–Crippen MR) is 61.0 cm³/mol. The van der Waals surface area contributed by atoms with Gasteiger partial charge in [0.05, 0.1) is 6.42 Å². The van der Waals surface area contributed by atoms with Crippen molar-refractivity contribution in [3.05, 3.63) is 0 Å². The molecule has 0 aliphatic heterocycles. The Morgan fingerprint density at radius 1 is 1.38 bits per heavy atom. The standard InChI is InChI=1S/C12H21NO3/c1-3-12(2,8-10(14)15)13-11(16)9-6-4-5-7-9/h9H,3-8H2,1-2H3,(H,13,16)(H,14,15)/t12-/m0/s1. The van der Waals surface area contributed by atoms with E-state index in [0.717, 1.165) is 25.7 Å². The lowest BCUT2D eigenvalue weighted by Crippen LogP contribution is -2.48. The summed E-state index contributed by atoms with van der Waals surface area (Å²) in [6.07, 6.45) is 4.73. The highest BCUT2D eigenvalue weighted by Gasteiger charge is 2.31. The Hall–Kier alpha value is -1.06. The van der Waals surface area contributed by atoms with E-state index in [-0.39, 0.29) is 18.2 Å². The molecule has 16 heavy (non-hydrogen) atoms. The van der Waals surface area contributed by atoms with E-state index in [2.05, 4.69) is 5.32 Å². The van der Waals surface area contributed by atoms with Gasteiger partial charge in [-0.3, -0.25) is 9.59 Å². The first-order valence-electron chi connectivity index (χ1n) is 6.00. The van der Waals surface area contributed by atoms with Crippen molar-refractivity contribution in [2.75, 3.05) is 0 Å². The van der Waals surface area contributed by atoms with E-state index in [4.69, 9.17) is 5.11 Å². The van der Waals surface area contributed by atoms with Crippen molar-refractivity contribution in [1.29, 1.82) is 0 Å². The Balaban J connectivity index is 2.54. The molecule has 0 bridgehead atoms. The molecule has 0 aromatic rings. The van der Waals surface area contributed by atoms with Crippen molar-refractivity contribution in [2.45, 2.75) is 57.9 Å². The number of carbonyl (C=O) groups excluding carboxylic acids is 1. The summed E-state index contributed by atoms with van der Waals surface area (Å²) in [5, 5.41) is 11.7. The minimum absolute atomic E-state index is 0.0119. The third-order valence-corrected chi connectivity index (χ3v) is 3.47. The van der Waals surface area contributed by atoms with Gasteiger partial charge in [0, 0.05) is 11.5 Å². The second-order valence-electron chi connectivity index (χ2n) is 4.96. The van der Waals surface area contributed by atoms with Crippen LogP contribution in [0.3, 0.4) is 0 Å². The number of hydrogen-bond donors (Lipinski definition) is 2. The van der Waals surface area contributed by atoms with Crippen LogP contribution in [0.15, 0.2) is 0 Å². The zero-order valence-electron chi connectivity index (χ0n) is 10.1. The van der Waals surface area contributed by atoms with Gasteiger partial charge in [-0.15, -0.1) is 0 Å². The van der Waals surface area contributed by atoms with Gasteiger partial charge in [0.15, 0.2) is 0 Å². The summed E-state index contributed by atoms with van der Waals surface area (Å²) in [4.78, 5) is 22.6. The summed E-state index contributed by atoms with van der Waals surface area (Å²) in [6, 6.07) is 0. The number of aliphatic carboxylic acids is 1. The Labute approximate surface area is 96.4 Å². The topological polar surface area (TPSA) is 66.4 Å². The van der Waals surface area contributed by atoms with Gasteiger partial charge in [0.25, 0.3) is 0 Å². The van der Waals surface area contributed by atoms with Crippen molar-refractivity contribution in [3.8, 4) is 0 Å². The van der Waals surface area contributed by atoms with E-state index in [1.807, 2.05) is 6.92 Å². The summed E-state index contributed by atoms with van der Waals surface area (Å²) in [5.74, 6) is -0.737. The monoisotopic (exact) mass is 227 g/mol. The highest BCUT2D eigenvalue weighted by atomic mass is 16.4. The fourth-order valence-electron chi connectivity index (χ4n) is 2.18. The zero-order valence-corrected chi connectivity index (χ0v) is 10.1. The van der Waals surface area contributed by atoms with Gasteiger partial charge in [-0.1, -0.05) is 19.8 Å². The average Bonchev–Trinajstić information content (AvgIpc) is 2.69. The molecule has 1 aliphatic carbocycles. The Kier molecular flexibility index (Phi) is 4.33. The molecule has 0 radical (unpaired) electrons. The molecular weight excluding hydrogens is 206 g/mol. The fourth-order valence-corrected chi connectivity index (χ4v) is 2.18. The van der Waals surface area contributed by atoms with Gasteiger partial charge in [0.1, 0.15) is 0 Å². The normalized spacial score (nSPS) is 20.4. The Morgan fingerprint density at radius 3 is 2.38 bits per heavy atom. The van der Waals surface area contributed by atoms with Gasteiger partial charge in [-0.25, -0.2) is 0 Å². The minimum Gasteiger partial charge on any atom is -0.481 e. The van der Waals surface area contributed by atoms with Gasteiger partial charge in [-0.2, -0.15) is 0 Å². The smallest absolute Gasteiger partial charge is 0.305 e. The zero-order chi connectivity index (χ0) is 12.2. The first-order chi connectivity index (χ1) is 7.47. The van der Waals surface area contributed by atoms with E-state index in [1.165, 1.54) is 0 Å². The molecule has 92 valence electrons. The maximum absolute atomic E-state index is 11.9. The average molecular weight is 227 g/mol. The lowest BCUT2D eigenvalue weighted by molar-refractivity contribution is -0.139. The number of carboxylic acid groups (broad SMARTS) is 1. The number of amides is 1. The third kappa shape index (κ3) is 3.51.